The third kappa shape index (κ3) is 4.67. The van der Waals surface area contributed by atoms with Crippen molar-refractivity contribution in [3.8, 4) is 0 Å². The summed E-state index contributed by atoms with van der Waals surface area (Å²) in [6.45, 7) is 5.96. The standard InChI is InChI=1S/C23H25ClN2O3/c1-14-7-9-17(10-8-14)21(27)22(28)25-20-12-11-18(24)13-19(20)23(29)26-15(2)5-4-6-16(26)3/h7-13,15-16H,4-6H2,1-3H3,(H,25,28). The Morgan fingerprint density at radius 3 is 2.24 bits per heavy atom. The molecule has 2 amide bonds. The maximum Gasteiger partial charge on any atom is 0.296 e. The Morgan fingerprint density at radius 2 is 1.62 bits per heavy atom. The lowest BCUT2D eigenvalue weighted by atomic mass is 9.96. The topological polar surface area (TPSA) is 66.5 Å². The Labute approximate surface area is 176 Å². The number of benzene rings is 2. The molecule has 6 heteroatoms. The number of likely N-dealkylation sites (tertiary alicyclic amines) is 1. The molecular weight excluding hydrogens is 388 g/mol. The number of amides is 2. The number of nitrogens with one attached hydrogen (secondary N) is 1. The van der Waals surface area contributed by atoms with Crippen LogP contribution in [0.25, 0.3) is 0 Å². The van der Waals surface area contributed by atoms with Gasteiger partial charge in [-0.15, -0.1) is 0 Å². The van der Waals surface area contributed by atoms with E-state index in [1.54, 1.807) is 42.5 Å². The molecule has 152 valence electrons. The second kappa shape index (κ2) is 8.78. The summed E-state index contributed by atoms with van der Waals surface area (Å²) in [7, 11) is 0. The normalized spacial score (nSPS) is 19.0. The summed E-state index contributed by atoms with van der Waals surface area (Å²) in [5, 5.41) is 3.00. The first-order chi connectivity index (χ1) is 13.8. The summed E-state index contributed by atoms with van der Waals surface area (Å²) in [6.07, 6.45) is 2.95. The number of anilines is 1. The van der Waals surface area contributed by atoms with Gasteiger partial charge in [-0.25, -0.2) is 0 Å². The van der Waals surface area contributed by atoms with E-state index >= 15 is 0 Å². The highest BCUT2D eigenvalue weighted by molar-refractivity contribution is 6.46. The second-order valence-electron chi connectivity index (χ2n) is 7.68. The van der Waals surface area contributed by atoms with Gasteiger partial charge < -0.3 is 10.2 Å². The summed E-state index contributed by atoms with van der Waals surface area (Å²) in [4.78, 5) is 40.1. The van der Waals surface area contributed by atoms with Crippen molar-refractivity contribution >= 4 is 34.9 Å². The van der Waals surface area contributed by atoms with Crippen molar-refractivity contribution in [2.75, 3.05) is 5.32 Å². The minimum atomic E-state index is -0.787. The van der Waals surface area contributed by atoms with Crippen molar-refractivity contribution in [3.05, 3.63) is 64.2 Å². The Kier molecular flexibility index (Phi) is 6.38. The number of ketones is 1. The predicted molar refractivity (Wildman–Crippen MR) is 115 cm³/mol. The van der Waals surface area contributed by atoms with Gasteiger partial charge in [-0.3, -0.25) is 14.4 Å². The van der Waals surface area contributed by atoms with E-state index in [1.807, 2.05) is 25.7 Å². The lowest BCUT2D eigenvalue weighted by molar-refractivity contribution is -0.112. The van der Waals surface area contributed by atoms with Gasteiger partial charge in [-0.1, -0.05) is 41.4 Å². The van der Waals surface area contributed by atoms with Gasteiger partial charge in [0.15, 0.2) is 0 Å². The van der Waals surface area contributed by atoms with Crippen LogP contribution in [0.1, 0.15) is 59.4 Å². The second-order valence-corrected chi connectivity index (χ2v) is 8.12. The number of carbonyl (C=O) groups is 3. The monoisotopic (exact) mass is 412 g/mol. The number of aryl methyl sites for hydroxylation is 1. The first-order valence-electron chi connectivity index (χ1n) is 9.82. The molecule has 0 saturated carbocycles. The minimum absolute atomic E-state index is 0.1000. The molecule has 1 aliphatic rings. The zero-order valence-corrected chi connectivity index (χ0v) is 17.6. The van der Waals surface area contributed by atoms with Gasteiger partial charge in [0.25, 0.3) is 17.6 Å². The van der Waals surface area contributed by atoms with Gasteiger partial charge in [0.05, 0.1) is 11.3 Å². The van der Waals surface area contributed by atoms with Crippen molar-refractivity contribution in [2.45, 2.75) is 52.1 Å². The first-order valence-corrected chi connectivity index (χ1v) is 10.2. The average molecular weight is 413 g/mol. The molecule has 1 heterocycles. The molecule has 2 unspecified atom stereocenters. The molecule has 2 aromatic rings. The van der Waals surface area contributed by atoms with Crippen LogP contribution in [0.2, 0.25) is 5.02 Å². The first kappa shape index (κ1) is 21.1. The minimum Gasteiger partial charge on any atom is -0.333 e. The highest BCUT2D eigenvalue weighted by atomic mass is 35.5. The molecule has 1 N–H and O–H groups in total. The fraction of sp³-hybridized carbons (Fsp3) is 0.348. The smallest absolute Gasteiger partial charge is 0.296 e. The molecule has 0 aliphatic carbocycles. The van der Waals surface area contributed by atoms with Crippen LogP contribution in [0.15, 0.2) is 42.5 Å². The van der Waals surface area contributed by atoms with Gasteiger partial charge in [0.2, 0.25) is 0 Å². The van der Waals surface area contributed by atoms with Crippen molar-refractivity contribution < 1.29 is 14.4 Å². The van der Waals surface area contributed by atoms with E-state index in [1.165, 1.54) is 0 Å². The van der Waals surface area contributed by atoms with Crippen LogP contribution in [-0.4, -0.2) is 34.6 Å². The number of piperidine rings is 1. The van der Waals surface area contributed by atoms with Crippen LogP contribution in [0, 0.1) is 6.92 Å². The quantitative estimate of drug-likeness (QED) is 0.575. The largest absolute Gasteiger partial charge is 0.333 e. The van der Waals surface area contributed by atoms with Crippen LogP contribution in [0.4, 0.5) is 5.69 Å². The van der Waals surface area contributed by atoms with Gasteiger partial charge in [0.1, 0.15) is 0 Å². The summed E-state index contributed by atoms with van der Waals surface area (Å²) in [5.41, 5.74) is 1.88. The zero-order chi connectivity index (χ0) is 21.1. The summed E-state index contributed by atoms with van der Waals surface area (Å²) in [6, 6.07) is 11.7. The van der Waals surface area contributed by atoms with E-state index < -0.39 is 11.7 Å². The fourth-order valence-electron chi connectivity index (χ4n) is 3.78. The van der Waals surface area contributed by atoms with E-state index in [0.717, 1.165) is 24.8 Å². The molecule has 0 bridgehead atoms. The van der Waals surface area contributed by atoms with E-state index in [2.05, 4.69) is 5.32 Å². The van der Waals surface area contributed by atoms with Crippen LogP contribution in [0.5, 0.6) is 0 Å². The molecule has 3 rings (SSSR count). The Balaban J connectivity index is 1.86. The molecule has 2 aromatic carbocycles. The molecule has 2 atom stereocenters. The van der Waals surface area contributed by atoms with E-state index in [0.29, 0.717) is 16.1 Å². The number of hydrogen-bond donors (Lipinski definition) is 1. The summed E-state index contributed by atoms with van der Waals surface area (Å²) in [5.74, 6) is -1.63. The molecule has 0 spiro atoms. The lowest BCUT2D eigenvalue weighted by Gasteiger charge is -2.39. The number of rotatable bonds is 4. The molecule has 5 nitrogen and oxygen atoms in total. The molecule has 1 fully saturated rings. The Hall–Kier alpha value is -2.66. The summed E-state index contributed by atoms with van der Waals surface area (Å²) < 4.78 is 0. The maximum absolute atomic E-state index is 13.3. The van der Waals surface area contributed by atoms with Crippen molar-refractivity contribution in [2.24, 2.45) is 0 Å². The molecular formula is C23H25ClN2O3. The SMILES string of the molecule is Cc1ccc(C(=O)C(=O)Nc2ccc(Cl)cc2C(=O)N2C(C)CCCC2C)cc1. The molecule has 1 saturated heterocycles. The van der Waals surface area contributed by atoms with E-state index in [4.69, 9.17) is 11.6 Å². The van der Waals surface area contributed by atoms with Gasteiger partial charge in [-0.05, 0) is 58.2 Å². The van der Waals surface area contributed by atoms with Crippen LogP contribution in [-0.2, 0) is 4.79 Å². The number of halogens is 1. The van der Waals surface area contributed by atoms with Gasteiger partial charge in [0, 0.05) is 22.7 Å². The van der Waals surface area contributed by atoms with Crippen molar-refractivity contribution in [3.63, 3.8) is 0 Å². The van der Waals surface area contributed by atoms with E-state index in [9.17, 15) is 14.4 Å². The Morgan fingerprint density at radius 1 is 1.00 bits per heavy atom. The van der Waals surface area contributed by atoms with Crippen LogP contribution < -0.4 is 5.32 Å². The van der Waals surface area contributed by atoms with Crippen LogP contribution in [0.3, 0.4) is 0 Å². The highest BCUT2D eigenvalue weighted by Crippen LogP contribution is 2.29. The van der Waals surface area contributed by atoms with Gasteiger partial charge in [-0.2, -0.15) is 0 Å². The molecule has 1 aliphatic heterocycles. The lowest BCUT2D eigenvalue weighted by Crippen LogP contribution is -2.47. The predicted octanol–water partition coefficient (Wildman–Crippen LogP) is 4.87. The third-order valence-corrected chi connectivity index (χ3v) is 5.64. The number of hydrogen-bond acceptors (Lipinski definition) is 3. The molecule has 29 heavy (non-hydrogen) atoms. The average Bonchev–Trinajstić information content (AvgIpc) is 2.69. The molecule has 0 aromatic heterocycles. The highest BCUT2D eigenvalue weighted by Gasteiger charge is 2.31. The molecule has 0 radical (unpaired) electrons. The van der Waals surface area contributed by atoms with Crippen molar-refractivity contribution in [1.29, 1.82) is 0 Å². The van der Waals surface area contributed by atoms with E-state index in [-0.39, 0.29) is 23.7 Å². The summed E-state index contributed by atoms with van der Waals surface area (Å²) >= 11 is 6.13. The Bertz CT molecular complexity index is 930. The van der Waals surface area contributed by atoms with Gasteiger partial charge >= 0.3 is 0 Å². The van der Waals surface area contributed by atoms with Crippen LogP contribution >= 0.6 is 11.6 Å². The fourth-order valence-corrected chi connectivity index (χ4v) is 3.95. The van der Waals surface area contributed by atoms with Crippen molar-refractivity contribution in [1.82, 2.24) is 4.90 Å². The third-order valence-electron chi connectivity index (χ3n) is 5.41. The maximum atomic E-state index is 13.3. The number of nitrogens with zero attached hydrogens (tertiary/aromatic N) is 1. The number of Topliss-reactive ketones (excluding diaryl/α,β-unsaturated/α-hetero) is 1. The zero-order valence-electron chi connectivity index (χ0n) is 16.9. The number of carbonyl (C=O) groups excluding carboxylic acids is 3.